The molecule has 2 nitrogen and oxygen atoms in total. The van der Waals surface area contributed by atoms with Gasteiger partial charge in [0.15, 0.2) is 0 Å². The van der Waals surface area contributed by atoms with Gasteiger partial charge in [0, 0.05) is 6.04 Å². The zero-order chi connectivity index (χ0) is 6.72. The van der Waals surface area contributed by atoms with E-state index in [0.29, 0.717) is 23.8 Å². The Kier molecular flexibility index (Phi) is 0.636. The summed E-state index contributed by atoms with van der Waals surface area (Å²) in [4.78, 5) is 11.0. The summed E-state index contributed by atoms with van der Waals surface area (Å²) in [5, 5.41) is 2.95. The van der Waals surface area contributed by atoms with Crippen molar-refractivity contribution in [2.24, 2.45) is 17.8 Å². The van der Waals surface area contributed by atoms with Gasteiger partial charge in [-0.15, -0.1) is 0 Å². The smallest absolute Gasteiger partial charge is 0.226 e. The van der Waals surface area contributed by atoms with Crippen molar-refractivity contribution in [2.45, 2.75) is 12.5 Å². The molecule has 2 fully saturated rings. The summed E-state index contributed by atoms with van der Waals surface area (Å²) in [7, 11) is 0. The first-order valence-corrected chi connectivity index (χ1v) is 3.85. The van der Waals surface area contributed by atoms with E-state index >= 15 is 0 Å². The van der Waals surface area contributed by atoms with E-state index in [-0.39, 0.29) is 5.91 Å². The van der Waals surface area contributed by atoms with Crippen LogP contribution in [0.5, 0.6) is 0 Å². The SMILES string of the molecule is O=C1NC2C1[C@@H]1C=C[C@@H]2C1. The molecule has 2 aliphatic carbocycles. The second kappa shape index (κ2) is 1.29. The molecule has 1 heterocycles. The third kappa shape index (κ3) is 0.349. The second-order valence-electron chi connectivity index (χ2n) is 3.51. The maximum Gasteiger partial charge on any atom is 0.226 e. The largest absolute Gasteiger partial charge is 0.352 e. The summed E-state index contributed by atoms with van der Waals surface area (Å²) in [5.74, 6) is 1.90. The number of nitrogens with one attached hydrogen (secondary N) is 1. The molecule has 0 aromatic rings. The van der Waals surface area contributed by atoms with Crippen LogP contribution < -0.4 is 5.32 Å². The van der Waals surface area contributed by atoms with Gasteiger partial charge in [0.05, 0.1) is 5.92 Å². The Morgan fingerprint density at radius 3 is 2.80 bits per heavy atom. The van der Waals surface area contributed by atoms with Crippen molar-refractivity contribution < 1.29 is 4.79 Å². The number of β-lactam (4-membered cyclic amide) rings is 1. The second-order valence-corrected chi connectivity index (χ2v) is 3.51. The molecular weight excluding hydrogens is 126 g/mol. The van der Waals surface area contributed by atoms with Crippen LogP contribution in [-0.4, -0.2) is 11.9 Å². The highest BCUT2D eigenvalue weighted by Crippen LogP contribution is 2.47. The van der Waals surface area contributed by atoms with Gasteiger partial charge in [-0.25, -0.2) is 0 Å². The van der Waals surface area contributed by atoms with Crippen LogP contribution in [0.1, 0.15) is 6.42 Å². The van der Waals surface area contributed by atoms with Gasteiger partial charge in [-0.3, -0.25) is 4.79 Å². The minimum absolute atomic E-state index is 0.279. The van der Waals surface area contributed by atoms with Crippen LogP contribution in [0.25, 0.3) is 0 Å². The van der Waals surface area contributed by atoms with Crippen molar-refractivity contribution >= 4 is 5.91 Å². The maximum atomic E-state index is 11.0. The summed E-state index contributed by atoms with van der Waals surface area (Å²) >= 11 is 0. The molecule has 1 N–H and O–H groups in total. The van der Waals surface area contributed by atoms with Crippen molar-refractivity contribution in [1.29, 1.82) is 0 Å². The molecule has 0 aromatic heterocycles. The Labute approximate surface area is 59.3 Å². The number of hydrogen-bond donors (Lipinski definition) is 1. The van der Waals surface area contributed by atoms with Crippen molar-refractivity contribution in [1.82, 2.24) is 5.32 Å². The van der Waals surface area contributed by atoms with Crippen molar-refractivity contribution in [3.05, 3.63) is 12.2 Å². The fourth-order valence-corrected chi connectivity index (χ4v) is 2.54. The van der Waals surface area contributed by atoms with Gasteiger partial charge in [0.1, 0.15) is 0 Å². The Morgan fingerprint density at radius 1 is 1.40 bits per heavy atom. The summed E-state index contributed by atoms with van der Waals surface area (Å²) in [6.45, 7) is 0. The Bertz CT molecular complexity index is 233. The van der Waals surface area contributed by atoms with Crippen LogP contribution in [0, 0.1) is 17.8 Å². The topological polar surface area (TPSA) is 29.1 Å². The van der Waals surface area contributed by atoms with E-state index in [1.54, 1.807) is 0 Å². The zero-order valence-electron chi connectivity index (χ0n) is 5.58. The third-order valence-electron chi connectivity index (χ3n) is 3.07. The van der Waals surface area contributed by atoms with Crippen LogP contribution in [-0.2, 0) is 4.79 Å². The molecule has 0 radical (unpaired) electrons. The van der Waals surface area contributed by atoms with E-state index in [0.717, 1.165) is 0 Å². The highest BCUT2D eigenvalue weighted by atomic mass is 16.2. The molecule has 1 saturated heterocycles. The maximum absolute atomic E-state index is 11.0. The minimum Gasteiger partial charge on any atom is -0.352 e. The van der Waals surface area contributed by atoms with Crippen molar-refractivity contribution in [3.63, 3.8) is 0 Å². The fraction of sp³-hybridized carbons (Fsp3) is 0.625. The third-order valence-corrected chi connectivity index (χ3v) is 3.07. The average molecular weight is 135 g/mol. The number of fused-ring (bicyclic) bond motifs is 5. The lowest BCUT2D eigenvalue weighted by atomic mass is 9.82. The first-order chi connectivity index (χ1) is 4.86. The molecule has 1 aliphatic heterocycles. The number of allylic oxidation sites excluding steroid dienone is 1. The molecule has 10 heavy (non-hydrogen) atoms. The lowest BCUT2D eigenvalue weighted by Crippen LogP contribution is -2.59. The predicted octanol–water partition coefficient (Wildman–Crippen LogP) is 0.307. The Hall–Kier alpha value is -0.790. The molecule has 3 aliphatic rings. The van der Waals surface area contributed by atoms with Crippen LogP contribution in [0.15, 0.2) is 12.2 Å². The quantitative estimate of drug-likeness (QED) is 0.376. The average Bonchev–Trinajstić information content (AvgIpc) is 2.40. The monoisotopic (exact) mass is 135 g/mol. The number of hydrogen-bond acceptors (Lipinski definition) is 1. The summed E-state index contributed by atoms with van der Waals surface area (Å²) in [5.41, 5.74) is 0. The van der Waals surface area contributed by atoms with Crippen LogP contribution >= 0.6 is 0 Å². The van der Waals surface area contributed by atoms with Crippen LogP contribution in [0.2, 0.25) is 0 Å². The van der Waals surface area contributed by atoms with E-state index in [9.17, 15) is 4.79 Å². The standard InChI is InChI=1S/C8H9NO/c10-8-6-4-1-2-5(3-4)7(6)9-8/h1-2,4-7H,3H2,(H,9,10)/t4-,5-,6?,7?/m1/s1. The Morgan fingerprint density at radius 2 is 2.20 bits per heavy atom. The zero-order valence-corrected chi connectivity index (χ0v) is 5.58. The predicted molar refractivity (Wildman–Crippen MR) is 36.2 cm³/mol. The first kappa shape index (κ1) is 4.94. The summed E-state index contributed by atoms with van der Waals surface area (Å²) in [6.07, 6.45) is 5.68. The van der Waals surface area contributed by atoms with Gasteiger partial charge in [-0.1, -0.05) is 12.2 Å². The molecule has 0 aromatic carbocycles. The molecule has 4 atom stereocenters. The van der Waals surface area contributed by atoms with E-state index in [1.165, 1.54) is 6.42 Å². The molecule has 3 rings (SSSR count). The van der Waals surface area contributed by atoms with Gasteiger partial charge in [0.2, 0.25) is 5.91 Å². The number of carbonyl (C=O) groups is 1. The van der Waals surface area contributed by atoms with Crippen molar-refractivity contribution in [3.8, 4) is 0 Å². The molecule has 52 valence electrons. The van der Waals surface area contributed by atoms with Gasteiger partial charge >= 0.3 is 0 Å². The minimum atomic E-state index is 0.279. The highest BCUT2D eigenvalue weighted by molar-refractivity contribution is 5.87. The van der Waals surface area contributed by atoms with Gasteiger partial charge in [-0.2, -0.15) is 0 Å². The summed E-state index contributed by atoms with van der Waals surface area (Å²) < 4.78 is 0. The van der Waals surface area contributed by atoms with Crippen LogP contribution in [0.4, 0.5) is 0 Å². The highest BCUT2D eigenvalue weighted by Gasteiger charge is 2.54. The normalized spacial score (nSPS) is 54.2. The van der Waals surface area contributed by atoms with Gasteiger partial charge < -0.3 is 5.32 Å². The lowest BCUT2D eigenvalue weighted by Gasteiger charge is -2.37. The first-order valence-electron chi connectivity index (χ1n) is 3.85. The number of rotatable bonds is 0. The molecule has 1 saturated carbocycles. The molecule has 1 amide bonds. The molecular formula is C8H9NO. The van der Waals surface area contributed by atoms with E-state index in [4.69, 9.17) is 0 Å². The van der Waals surface area contributed by atoms with Crippen molar-refractivity contribution in [2.75, 3.05) is 0 Å². The molecule has 2 unspecified atom stereocenters. The summed E-state index contributed by atoms with van der Waals surface area (Å²) in [6, 6.07) is 0.516. The molecule has 2 bridgehead atoms. The Balaban J connectivity index is 2.03. The molecule has 0 spiro atoms. The fourth-order valence-electron chi connectivity index (χ4n) is 2.54. The van der Waals surface area contributed by atoms with E-state index in [1.807, 2.05) is 0 Å². The van der Waals surface area contributed by atoms with Crippen LogP contribution in [0.3, 0.4) is 0 Å². The van der Waals surface area contributed by atoms with Gasteiger partial charge in [-0.05, 0) is 18.3 Å². The van der Waals surface area contributed by atoms with Gasteiger partial charge in [0.25, 0.3) is 0 Å². The number of carbonyl (C=O) groups excluding carboxylic acids is 1. The van der Waals surface area contributed by atoms with E-state index < -0.39 is 0 Å². The number of amides is 1. The van der Waals surface area contributed by atoms with E-state index in [2.05, 4.69) is 17.5 Å². The lowest BCUT2D eigenvalue weighted by molar-refractivity contribution is -0.135. The molecule has 2 heteroatoms.